The first-order valence-electron chi connectivity index (χ1n) is 7.83. The lowest BCUT2D eigenvalue weighted by molar-refractivity contribution is 0.0675. The normalized spacial score (nSPS) is 21.9. The molecular formula is C17H26N2O2. The van der Waals surface area contributed by atoms with E-state index in [9.17, 15) is 4.79 Å². The number of nitrogens with two attached hydrogens (primary N) is 1. The second kappa shape index (κ2) is 6.83. The summed E-state index contributed by atoms with van der Waals surface area (Å²) in [6.45, 7) is 4.68. The van der Waals surface area contributed by atoms with Crippen molar-refractivity contribution in [3.63, 3.8) is 0 Å². The highest BCUT2D eigenvalue weighted by atomic mass is 16.5. The quantitative estimate of drug-likeness (QED) is 0.865. The summed E-state index contributed by atoms with van der Waals surface area (Å²) in [5, 5.41) is 0. The Hall–Kier alpha value is -1.71. The predicted octanol–water partition coefficient (Wildman–Crippen LogP) is 3.32. The van der Waals surface area contributed by atoms with Crippen molar-refractivity contribution < 1.29 is 9.53 Å². The van der Waals surface area contributed by atoms with Crippen molar-refractivity contribution in [1.29, 1.82) is 0 Å². The number of carbonyl (C=O) groups is 1. The van der Waals surface area contributed by atoms with Crippen LogP contribution < -0.4 is 10.5 Å². The second-order valence-electron chi connectivity index (χ2n) is 5.99. The highest BCUT2D eigenvalue weighted by Gasteiger charge is 2.27. The summed E-state index contributed by atoms with van der Waals surface area (Å²) in [5.74, 6) is 1.29. The molecule has 1 amide bonds. The van der Waals surface area contributed by atoms with Gasteiger partial charge in [-0.2, -0.15) is 0 Å². The molecule has 116 valence electrons. The van der Waals surface area contributed by atoms with Gasteiger partial charge in [-0.3, -0.25) is 4.79 Å². The minimum Gasteiger partial charge on any atom is -0.491 e. The van der Waals surface area contributed by atoms with Crippen LogP contribution in [0.4, 0.5) is 5.69 Å². The smallest absolute Gasteiger partial charge is 0.257 e. The molecule has 0 spiro atoms. The maximum absolute atomic E-state index is 12.8. The first kappa shape index (κ1) is 15.7. The number of para-hydroxylation sites is 1. The number of amides is 1. The molecule has 2 N–H and O–H groups in total. The van der Waals surface area contributed by atoms with Gasteiger partial charge >= 0.3 is 0 Å². The molecule has 0 aromatic heterocycles. The fraction of sp³-hybridized carbons (Fsp3) is 0.588. The number of hydrogen-bond donors (Lipinski definition) is 1. The molecule has 0 unspecified atom stereocenters. The third-order valence-electron chi connectivity index (χ3n) is 4.42. The van der Waals surface area contributed by atoms with Gasteiger partial charge in [-0.25, -0.2) is 0 Å². The lowest BCUT2D eigenvalue weighted by atomic mass is 9.86. The van der Waals surface area contributed by atoms with E-state index in [0.29, 0.717) is 29.6 Å². The Morgan fingerprint density at radius 2 is 2.00 bits per heavy atom. The summed E-state index contributed by atoms with van der Waals surface area (Å²) >= 11 is 0. The van der Waals surface area contributed by atoms with Crippen molar-refractivity contribution in [2.75, 3.05) is 19.4 Å². The number of nitrogen functional groups attached to an aromatic ring is 1. The number of carbonyl (C=O) groups excluding carboxylic acids is 1. The Morgan fingerprint density at radius 1 is 1.33 bits per heavy atom. The first-order valence-corrected chi connectivity index (χ1v) is 7.83. The zero-order valence-corrected chi connectivity index (χ0v) is 13.3. The van der Waals surface area contributed by atoms with Crippen molar-refractivity contribution in [3.8, 4) is 5.75 Å². The molecule has 4 heteroatoms. The predicted molar refractivity (Wildman–Crippen MR) is 85.5 cm³/mol. The maximum atomic E-state index is 12.8. The number of hydrogen-bond acceptors (Lipinski definition) is 3. The lowest BCUT2D eigenvalue weighted by Gasteiger charge is -2.34. The number of benzene rings is 1. The minimum atomic E-state index is 0.00491. The van der Waals surface area contributed by atoms with E-state index in [2.05, 4.69) is 6.92 Å². The van der Waals surface area contributed by atoms with Crippen molar-refractivity contribution in [1.82, 2.24) is 4.90 Å². The number of rotatable bonds is 4. The van der Waals surface area contributed by atoms with Crippen LogP contribution in [0.1, 0.15) is 49.9 Å². The van der Waals surface area contributed by atoms with Crippen LogP contribution in [0, 0.1) is 5.92 Å². The lowest BCUT2D eigenvalue weighted by Crippen LogP contribution is -2.39. The fourth-order valence-electron chi connectivity index (χ4n) is 3.01. The number of anilines is 1. The van der Waals surface area contributed by atoms with Crippen LogP contribution in [-0.2, 0) is 0 Å². The van der Waals surface area contributed by atoms with E-state index in [0.717, 1.165) is 18.8 Å². The van der Waals surface area contributed by atoms with Gasteiger partial charge in [0.2, 0.25) is 0 Å². The van der Waals surface area contributed by atoms with E-state index < -0.39 is 0 Å². The van der Waals surface area contributed by atoms with Crippen LogP contribution in [0.2, 0.25) is 0 Å². The zero-order valence-electron chi connectivity index (χ0n) is 13.3. The molecule has 0 radical (unpaired) electrons. The van der Waals surface area contributed by atoms with Gasteiger partial charge in [0, 0.05) is 13.1 Å². The molecule has 21 heavy (non-hydrogen) atoms. The van der Waals surface area contributed by atoms with Crippen molar-refractivity contribution in [2.24, 2.45) is 5.92 Å². The highest BCUT2D eigenvalue weighted by Crippen LogP contribution is 2.31. The molecule has 1 aliphatic rings. The van der Waals surface area contributed by atoms with Gasteiger partial charge in [0.15, 0.2) is 5.75 Å². The van der Waals surface area contributed by atoms with Crippen LogP contribution >= 0.6 is 0 Å². The molecule has 4 nitrogen and oxygen atoms in total. The monoisotopic (exact) mass is 290 g/mol. The molecule has 1 aliphatic carbocycles. The summed E-state index contributed by atoms with van der Waals surface area (Å²) in [6.07, 6.45) is 4.54. The molecule has 0 heterocycles. The number of ether oxygens (including phenoxy) is 1. The summed E-state index contributed by atoms with van der Waals surface area (Å²) in [6, 6.07) is 5.70. The van der Waals surface area contributed by atoms with Crippen LogP contribution in [0.5, 0.6) is 5.75 Å². The van der Waals surface area contributed by atoms with Gasteiger partial charge in [-0.15, -0.1) is 0 Å². The molecule has 1 aromatic carbocycles. The van der Waals surface area contributed by atoms with Crippen molar-refractivity contribution >= 4 is 11.6 Å². The second-order valence-corrected chi connectivity index (χ2v) is 5.99. The highest BCUT2D eigenvalue weighted by molar-refractivity contribution is 5.98. The molecule has 2 rings (SSSR count). The van der Waals surface area contributed by atoms with Crippen LogP contribution in [-0.4, -0.2) is 30.5 Å². The molecule has 0 atom stereocenters. The van der Waals surface area contributed by atoms with Gasteiger partial charge in [-0.1, -0.05) is 13.0 Å². The Kier molecular flexibility index (Phi) is 5.10. The van der Waals surface area contributed by atoms with Gasteiger partial charge in [0.25, 0.3) is 5.91 Å². The van der Waals surface area contributed by atoms with E-state index in [1.165, 1.54) is 12.8 Å². The standard InChI is InChI=1S/C17H26N2O2/c1-4-21-16-14(6-5-7-15(16)18)17(20)19(3)13-10-8-12(2)9-11-13/h5-7,12-13H,4,8-11,18H2,1-3H3. The van der Waals surface area contributed by atoms with E-state index in [4.69, 9.17) is 10.5 Å². The Bertz CT molecular complexity index is 494. The van der Waals surface area contributed by atoms with Gasteiger partial charge < -0.3 is 15.4 Å². The first-order chi connectivity index (χ1) is 10.0. The molecular weight excluding hydrogens is 264 g/mol. The zero-order chi connectivity index (χ0) is 15.4. The molecule has 0 saturated heterocycles. The Morgan fingerprint density at radius 3 is 2.62 bits per heavy atom. The third-order valence-corrected chi connectivity index (χ3v) is 4.42. The third kappa shape index (κ3) is 3.49. The average molecular weight is 290 g/mol. The molecule has 1 fully saturated rings. The van der Waals surface area contributed by atoms with Crippen molar-refractivity contribution in [2.45, 2.75) is 45.6 Å². The maximum Gasteiger partial charge on any atom is 0.257 e. The van der Waals surface area contributed by atoms with E-state index in [-0.39, 0.29) is 5.91 Å². The van der Waals surface area contributed by atoms with E-state index >= 15 is 0 Å². The molecule has 1 aromatic rings. The molecule has 1 saturated carbocycles. The van der Waals surface area contributed by atoms with Crippen molar-refractivity contribution in [3.05, 3.63) is 23.8 Å². The van der Waals surface area contributed by atoms with E-state index in [1.54, 1.807) is 12.1 Å². The fourth-order valence-corrected chi connectivity index (χ4v) is 3.01. The minimum absolute atomic E-state index is 0.00491. The van der Waals surface area contributed by atoms with Crippen LogP contribution in [0.15, 0.2) is 18.2 Å². The SMILES string of the molecule is CCOc1c(N)cccc1C(=O)N(C)C1CCC(C)CC1. The summed E-state index contributed by atoms with van der Waals surface area (Å²) in [4.78, 5) is 14.6. The topological polar surface area (TPSA) is 55.6 Å². The van der Waals surface area contributed by atoms with E-state index in [1.807, 2.05) is 24.9 Å². The summed E-state index contributed by atoms with van der Waals surface area (Å²) in [7, 11) is 1.89. The average Bonchev–Trinajstić information content (AvgIpc) is 2.49. The van der Waals surface area contributed by atoms with Gasteiger partial charge in [-0.05, 0) is 50.7 Å². The van der Waals surface area contributed by atoms with Crippen LogP contribution in [0.3, 0.4) is 0 Å². The summed E-state index contributed by atoms with van der Waals surface area (Å²) in [5.41, 5.74) is 7.04. The molecule has 0 bridgehead atoms. The van der Waals surface area contributed by atoms with Crippen LogP contribution in [0.25, 0.3) is 0 Å². The Labute approximate surface area is 127 Å². The largest absolute Gasteiger partial charge is 0.491 e. The van der Waals surface area contributed by atoms with Gasteiger partial charge in [0.05, 0.1) is 17.9 Å². The van der Waals surface area contributed by atoms with Gasteiger partial charge in [0.1, 0.15) is 0 Å². The molecule has 0 aliphatic heterocycles. The Balaban J connectivity index is 2.17. The number of nitrogens with zero attached hydrogens (tertiary/aromatic N) is 1. The summed E-state index contributed by atoms with van der Waals surface area (Å²) < 4.78 is 5.57.